The molecule has 0 N–H and O–H groups in total. The van der Waals surface area contributed by atoms with Gasteiger partial charge in [0.1, 0.15) is 4.83 Å². The summed E-state index contributed by atoms with van der Waals surface area (Å²) in [4.78, 5) is 34.3. The first kappa shape index (κ1) is 17.1. The molecule has 0 saturated carbocycles. The third-order valence-electron chi connectivity index (χ3n) is 5.02. The number of hydrogen-bond acceptors (Lipinski definition) is 5. The minimum Gasteiger partial charge on any atom is -0.342 e. The second-order valence-electron chi connectivity index (χ2n) is 6.77. The number of thiophene rings is 1. The molecule has 1 amide bonds. The van der Waals surface area contributed by atoms with E-state index < -0.39 is 0 Å². The van der Waals surface area contributed by atoms with Gasteiger partial charge in [-0.3, -0.25) is 14.2 Å². The fourth-order valence-corrected chi connectivity index (χ4v) is 6.00. The topological polar surface area (TPSA) is 55.2 Å². The van der Waals surface area contributed by atoms with Crippen LogP contribution in [-0.4, -0.2) is 39.2 Å². The number of aryl methyl sites for hydroxylation is 2. The van der Waals surface area contributed by atoms with Crippen molar-refractivity contribution in [2.75, 3.05) is 18.8 Å². The Kier molecular flexibility index (Phi) is 4.86. The molecule has 1 aliphatic heterocycles. The van der Waals surface area contributed by atoms with Gasteiger partial charge in [-0.05, 0) is 44.1 Å². The van der Waals surface area contributed by atoms with E-state index in [2.05, 4.69) is 6.92 Å². The number of amides is 1. The molecule has 0 aromatic carbocycles. The van der Waals surface area contributed by atoms with Gasteiger partial charge in [-0.25, -0.2) is 4.98 Å². The molecule has 0 atom stereocenters. The van der Waals surface area contributed by atoms with Crippen LogP contribution in [0.3, 0.4) is 0 Å². The summed E-state index contributed by atoms with van der Waals surface area (Å²) in [6.45, 7) is 4.46. The first-order valence-corrected chi connectivity index (χ1v) is 10.9. The van der Waals surface area contributed by atoms with Crippen LogP contribution in [0.15, 0.2) is 9.95 Å². The number of aromatic nitrogens is 2. The van der Waals surface area contributed by atoms with Crippen molar-refractivity contribution in [1.29, 1.82) is 0 Å². The monoisotopic (exact) mass is 377 g/mol. The molecule has 7 heteroatoms. The molecular weight excluding hydrogens is 354 g/mol. The van der Waals surface area contributed by atoms with Crippen LogP contribution in [0.25, 0.3) is 10.2 Å². The van der Waals surface area contributed by atoms with Crippen molar-refractivity contribution in [1.82, 2.24) is 14.5 Å². The van der Waals surface area contributed by atoms with Gasteiger partial charge in [0.2, 0.25) is 5.91 Å². The SMILES string of the molecule is CCCn1c(SCC(=O)N2CCCC2)nc2sc3c(c2c1=O)CCC3. The molecule has 134 valence electrons. The summed E-state index contributed by atoms with van der Waals surface area (Å²) in [5.74, 6) is 0.529. The Bertz CT molecular complexity index is 865. The van der Waals surface area contributed by atoms with Crippen LogP contribution in [0.1, 0.15) is 43.0 Å². The zero-order chi connectivity index (χ0) is 17.4. The van der Waals surface area contributed by atoms with Crippen LogP contribution in [0.4, 0.5) is 0 Å². The average Bonchev–Trinajstić information content (AvgIpc) is 3.31. The summed E-state index contributed by atoms with van der Waals surface area (Å²) in [6, 6.07) is 0. The highest BCUT2D eigenvalue weighted by atomic mass is 32.2. The predicted molar refractivity (Wildman–Crippen MR) is 103 cm³/mol. The summed E-state index contributed by atoms with van der Waals surface area (Å²) in [5.41, 5.74) is 1.31. The summed E-state index contributed by atoms with van der Waals surface area (Å²) in [5, 5.41) is 1.54. The van der Waals surface area contributed by atoms with Crippen LogP contribution in [0, 0.1) is 0 Å². The lowest BCUT2D eigenvalue weighted by molar-refractivity contribution is -0.127. The third kappa shape index (κ3) is 3.12. The Morgan fingerprint density at radius 1 is 1.24 bits per heavy atom. The molecular formula is C18H23N3O2S2. The zero-order valence-electron chi connectivity index (χ0n) is 14.5. The molecule has 1 fully saturated rings. The third-order valence-corrected chi connectivity index (χ3v) is 7.17. The maximum absolute atomic E-state index is 13.1. The number of carbonyl (C=O) groups excluding carboxylic acids is 1. The Morgan fingerprint density at radius 2 is 2.04 bits per heavy atom. The zero-order valence-corrected chi connectivity index (χ0v) is 16.2. The maximum Gasteiger partial charge on any atom is 0.263 e. The number of rotatable bonds is 5. The second kappa shape index (κ2) is 7.11. The molecule has 2 aliphatic rings. The fraction of sp³-hybridized carbons (Fsp3) is 0.611. The molecule has 0 spiro atoms. The molecule has 0 radical (unpaired) electrons. The van der Waals surface area contributed by atoms with E-state index in [4.69, 9.17) is 4.98 Å². The molecule has 5 nitrogen and oxygen atoms in total. The van der Waals surface area contributed by atoms with Gasteiger partial charge in [0.05, 0.1) is 11.1 Å². The largest absolute Gasteiger partial charge is 0.342 e. The van der Waals surface area contributed by atoms with Crippen molar-refractivity contribution < 1.29 is 4.79 Å². The molecule has 1 saturated heterocycles. The van der Waals surface area contributed by atoms with Crippen LogP contribution < -0.4 is 5.56 Å². The first-order valence-electron chi connectivity index (χ1n) is 9.14. The van der Waals surface area contributed by atoms with Crippen molar-refractivity contribution in [2.24, 2.45) is 0 Å². The van der Waals surface area contributed by atoms with E-state index in [0.717, 1.165) is 61.8 Å². The lowest BCUT2D eigenvalue weighted by Gasteiger charge is -2.16. The normalized spacial score (nSPS) is 16.8. The highest BCUT2D eigenvalue weighted by molar-refractivity contribution is 7.99. The van der Waals surface area contributed by atoms with Gasteiger partial charge in [-0.15, -0.1) is 11.3 Å². The predicted octanol–water partition coefficient (Wildman–Crippen LogP) is 3.07. The molecule has 0 unspecified atom stereocenters. The van der Waals surface area contributed by atoms with Gasteiger partial charge < -0.3 is 4.90 Å². The minimum atomic E-state index is 0.0855. The van der Waals surface area contributed by atoms with Gasteiger partial charge in [0.15, 0.2) is 5.16 Å². The van der Waals surface area contributed by atoms with Crippen molar-refractivity contribution in [3.8, 4) is 0 Å². The second-order valence-corrected chi connectivity index (χ2v) is 8.79. The quantitative estimate of drug-likeness (QED) is 0.594. The number of hydrogen-bond donors (Lipinski definition) is 0. The Labute approximate surface area is 155 Å². The molecule has 1 aliphatic carbocycles. The maximum atomic E-state index is 13.1. The number of likely N-dealkylation sites (tertiary alicyclic amines) is 1. The van der Waals surface area contributed by atoms with Crippen molar-refractivity contribution in [3.63, 3.8) is 0 Å². The van der Waals surface area contributed by atoms with E-state index in [-0.39, 0.29) is 11.5 Å². The summed E-state index contributed by atoms with van der Waals surface area (Å²) in [6.07, 6.45) is 6.29. The molecule has 0 bridgehead atoms. The van der Waals surface area contributed by atoms with Crippen LogP contribution in [0.2, 0.25) is 0 Å². The first-order chi connectivity index (χ1) is 12.2. The van der Waals surface area contributed by atoms with E-state index in [1.807, 2.05) is 4.90 Å². The number of nitrogens with zero attached hydrogens (tertiary/aromatic N) is 3. The summed E-state index contributed by atoms with van der Waals surface area (Å²) < 4.78 is 1.79. The fourth-order valence-electron chi connectivity index (χ4n) is 3.77. The smallest absolute Gasteiger partial charge is 0.263 e. The van der Waals surface area contributed by atoms with E-state index in [0.29, 0.717) is 17.5 Å². The molecule has 3 heterocycles. The van der Waals surface area contributed by atoms with Gasteiger partial charge in [-0.1, -0.05) is 18.7 Å². The van der Waals surface area contributed by atoms with Gasteiger partial charge >= 0.3 is 0 Å². The summed E-state index contributed by atoms with van der Waals surface area (Å²) >= 11 is 3.09. The van der Waals surface area contributed by atoms with Crippen LogP contribution in [-0.2, 0) is 24.2 Å². The average molecular weight is 378 g/mol. The van der Waals surface area contributed by atoms with Crippen molar-refractivity contribution >= 4 is 39.2 Å². The van der Waals surface area contributed by atoms with E-state index >= 15 is 0 Å². The number of carbonyl (C=O) groups is 1. The lowest BCUT2D eigenvalue weighted by Crippen LogP contribution is -2.30. The van der Waals surface area contributed by atoms with E-state index in [1.54, 1.807) is 15.9 Å². The Hall–Kier alpha value is -1.34. The van der Waals surface area contributed by atoms with Crippen LogP contribution in [0.5, 0.6) is 0 Å². The van der Waals surface area contributed by atoms with E-state index in [9.17, 15) is 9.59 Å². The highest BCUT2D eigenvalue weighted by Gasteiger charge is 2.24. The van der Waals surface area contributed by atoms with E-state index in [1.165, 1.54) is 22.2 Å². The number of fused-ring (bicyclic) bond motifs is 3. The summed E-state index contributed by atoms with van der Waals surface area (Å²) in [7, 11) is 0. The van der Waals surface area contributed by atoms with Crippen LogP contribution >= 0.6 is 23.1 Å². The molecule has 2 aromatic heterocycles. The Morgan fingerprint density at radius 3 is 2.80 bits per heavy atom. The van der Waals surface area contributed by atoms with Gasteiger partial charge in [0.25, 0.3) is 5.56 Å². The van der Waals surface area contributed by atoms with Crippen molar-refractivity contribution in [2.45, 2.75) is 57.1 Å². The highest BCUT2D eigenvalue weighted by Crippen LogP contribution is 2.35. The van der Waals surface area contributed by atoms with Gasteiger partial charge in [0, 0.05) is 24.5 Å². The molecule has 4 rings (SSSR count). The lowest BCUT2D eigenvalue weighted by atomic mass is 10.2. The standard InChI is InChI=1S/C18H23N3O2S2/c1-2-8-21-17(23)15-12-6-5-7-13(12)25-16(15)19-18(21)24-11-14(22)20-9-3-4-10-20/h2-11H2,1H3. The minimum absolute atomic E-state index is 0.0855. The molecule has 25 heavy (non-hydrogen) atoms. The number of thioether (sulfide) groups is 1. The van der Waals surface area contributed by atoms with Gasteiger partial charge in [-0.2, -0.15) is 0 Å². The molecule has 2 aromatic rings. The Balaban J connectivity index is 1.66. The van der Waals surface area contributed by atoms with Crippen molar-refractivity contribution in [3.05, 3.63) is 20.8 Å².